The summed E-state index contributed by atoms with van der Waals surface area (Å²) in [6, 6.07) is 60.2. The van der Waals surface area contributed by atoms with Crippen LogP contribution in [0.15, 0.2) is 170 Å². The second-order valence-corrected chi connectivity index (χ2v) is 11.8. The lowest BCUT2D eigenvalue weighted by atomic mass is 9.91. The minimum Gasteiger partial charge on any atom is -0.228 e. The molecule has 0 saturated heterocycles. The molecule has 2 heteroatoms. The van der Waals surface area contributed by atoms with Gasteiger partial charge >= 0.3 is 0 Å². The van der Waals surface area contributed by atoms with E-state index in [0.717, 1.165) is 45.0 Å². The third-order valence-corrected chi connectivity index (χ3v) is 9.06. The Morgan fingerprint density at radius 3 is 1.52 bits per heavy atom. The molecule has 1 heterocycles. The van der Waals surface area contributed by atoms with Crippen molar-refractivity contribution in [2.45, 2.75) is 0 Å². The monoisotopic (exact) mass is 584 g/mol. The Morgan fingerprint density at radius 1 is 0.283 bits per heavy atom. The summed E-state index contributed by atoms with van der Waals surface area (Å²) in [6.07, 6.45) is 0. The molecule has 0 N–H and O–H groups in total. The van der Waals surface area contributed by atoms with Gasteiger partial charge in [-0.25, -0.2) is 9.97 Å². The molecule has 1 aliphatic carbocycles. The van der Waals surface area contributed by atoms with E-state index in [1.807, 2.05) is 24.3 Å². The second kappa shape index (κ2) is 10.8. The number of aromatic nitrogens is 2. The Balaban J connectivity index is 1.19. The first-order valence-electron chi connectivity index (χ1n) is 15.7. The number of hydrogen-bond donors (Lipinski definition) is 0. The maximum atomic E-state index is 5.14. The van der Waals surface area contributed by atoms with E-state index >= 15 is 0 Å². The summed E-state index contributed by atoms with van der Waals surface area (Å²) in [6.45, 7) is 0. The first kappa shape index (κ1) is 26.3. The molecular formula is C44H28N2. The van der Waals surface area contributed by atoms with Crippen LogP contribution in [0.5, 0.6) is 0 Å². The van der Waals surface area contributed by atoms with Gasteiger partial charge in [0, 0.05) is 16.7 Å². The Bertz CT molecular complexity index is 2320. The molecular weight excluding hydrogens is 556 g/mol. The molecule has 1 aromatic heterocycles. The zero-order valence-electron chi connectivity index (χ0n) is 25.1. The predicted molar refractivity (Wildman–Crippen MR) is 191 cm³/mol. The Labute approximate surface area is 268 Å². The Hall–Kier alpha value is -6.12. The Kier molecular flexibility index (Phi) is 6.17. The van der Waals surface area contributed by atoms with Gasteiger partial charge in [0.15, 0.2) is 5.82 Å². The molecule has 8 aromatic rings. The fourth-order valence-electron chi connectivity index (χ4n) is 6.93. The van der Waals surface area contributed by atoms with Gasteiger partial charge in [0.25, 0.3) is 0 Å². The van der Waals surface area contributed by atoms with Crippen LogP contribution in [-0.4, -0.2) is 9.97 Å². The minimum absolute atomic E-state index is 0.717. The lowest BCUT2D eigenvalue weighted by Crippen LogP contribution is -1.97. The average Bonchev–Trinajstić information content (AvgIpc) is 3.47. The molecule has 0 unspecified atom stereocenters. The quantitative estimate of drug-likeness (QED) is 0.201. The van der Waals surface area contributed by atoms with Crippen molar-refractivity contribution in [2.75, 3.05) is 0 Å². The average molecular weight is 585 g/mol. The lowest BCUT2D eigenvalue weighted by Gasteiger charge is -2.14. The topological polar surface area (TPSA) is 25.8 Å². The Morgan fingerprint density at radius 2 is 0.783 bits per heavy atom. The van der Waals surface area contributed by atoms with Crippen molar-refractivity contribution in [3.8, 4) is 78.4 Å². The predicted octanol–water partition coefficient (Wildman–Crippen LogP) is 11.6. The summed E-state index contributed by atoms with van der Waals surface area (Å²) in [5.74, 6) is 0.717. The molecule has 1 aliphatic rings. The van der Waals surface area contributed by atoms with E-state index in [9.17, 15) is 0 Å². The number of hydrogen-bond acceptors (Lipinski definition) is 2. The summed E-state index contributed by atoms with van der Waals surface area (Å²) in [5.41, 5.74) is 14.9. The van der Waals surface area contributed by atoms with Crippen molar-refractivity contribution in [1.29, 1.82) is 0 Å². The highest BCUT2D eigenvalue weighted by molar-refractivity contribution is 6.18. The number of rotatable bonds is 5. The van der Waals surface area contributed by atoms with E-state index in [0.29, 0.717) is 0 Å². The van der Waals surface area contributed by atoms with E-state index in [-0.39, 0.29) is 0 Å². The zero-order valence-corrected chi connectivity index (χ0v) is 25.1. The van der Waals surface area contributed by atoms with Crippen molar-refractivity contribution in [3.05, 3.63) is 170 Å². The maximum Gasteiger partial charge on any atom is 0.160 e. The molecule has 9 rings (SSSR count). The van der Waals surface area contributed by atoms with Crippen LogP contribution in [0.1, 0.15) is 0 Å². The number of benzene rings is 7. The first-order valence-corrected chi connectivity index (χ1v) is 15.7. The summed E-state index contributed by atoms with van der Waals surface area (Å²) in [7, 11) is 0. The first-order chi connectivity index (χ1) is 22.8. The molecule has 0 bridgehead atoms. The summed E-state index contributed by atoms with van der Waals surface area (Å²) in [4.78, 5) is 10.1. The van der Waals surface area contributed by atoms with Gasteiger partial charge < -0.3 is 0 Å². The smallest absolute Gasteiger partial charge is 0.160 e. The van der Waals surface area contributed by atoms with Crippen LogP contribution in [0.3, 0.4) is 0 Å². The fourth-order valence-corrected chi connectivity index (χ4v) is 6.93. The van der Waals surface area contributed by atoms with Crippen molar-refractivity contribution in [3.63, 3.8) is 0 Å². The summed E-state index contributed by atoms with van der Waals surface area (Å²) < 4.78 is 0. The van der Waals surface area contributed by atoms with Crippen LogP contribution in [0, 0.1) is 0 Å². The highest BCUT2D eigenvalue weighted by atomic mass is 14.9. The summed E-state index contributed by atoms with van der Waals surface area (Å²) >= 11 is 0. The second-order valence-electron chi connectivity index (χ2n) is 11.8. The van der Waals surface area contributed by atoms with Crippen LogP contribution in [0.2, 0.25) is 0 Å². The molecule has 0 fully saturated rings. The van der Waals surface area contributed by atoms with Crippen LogP contribution in [0.25, 0.3) is 89.2 Å². The molecule has 0 atom stereocenters. The van der Waals surface area contributed by atoms with Crippen molar-refractivity contribution in [1.82, 2.24) is 9.97 Å². The van der Waals surface area contributed by atoms with E-state index < -0.39 is 0 Å². The van der Waals surface area contributed by atoms with Gasteiger partial charge in [-0.15, -0.1) is 0 Å². The van der Waals surface area contributed by atoms with Gasteiger partial charge in [-0.05, 0) is 67.4 Å². The number of fused-ring (bicyclic) bond motifs is 3. The molecule has 214 valence electrons. The lowest BCUT2D eigenvalue weighted by molar-refractivity contribution is 1.18. The van der Waals surface area contributed by atoms with Gasteiger partial charge in [0.05, 0.1) is 11.4 Å². The molecule has 0 radical (unpaired) electrons. The molecule has 2 nitrogen and oxygen atoms in total. The molecule has 46 heavy (non-hydrogen) atoms. The third kappa shape index (κ3) is 4.35. The maximum absolute atomic E-state index is 5.14. The zero-order chi connectivity index (χ0) is 30.5. The third-order valence-electron chi connectivity index (χ3n) is 9.06. The normalized spacial score (nSPS) is 11.5. The largest absolute Gasteiger partial charge is 0.228 e. The van der Waals surface area contributed by atoms with E-state index in [4.69, 9.17) is 9.97 Å². The SMILES string of the molecule is c1ccc(-c2cc(-c3ccccc3-c3cccc(-c4ccc5c6c(cccc46)-c4ccccc4-5)c3)nc(-c3ccccc3)n2)cc1. The van der Waals surface area contributed by atoms with Crippen LogP contribution in [0.4, 0.5) is 0 Å². The highest BCUT2D eigenvalue weighted by Gasteiger charge is 2.22. The molecule has 0 spiro atoms. The van der Waals surface area contributed by atoms with E-state index in [1.54, 1.807) is 0 Å². The van der Waals surface area contributed by atoms with Crippen molar-refractivity contribution >= 4 is 10.8 Å². The van der Waals surface area contributed by atoms with Gasteiger partial charge in [0.2, 0.25) is 0 Å². The van der Waals surface area contributed by atoms with Gasteiger partial charge in [-0.3, -0.25) is 0 Å². The standard InChI is InChI=1S/C44H28N2/c1-3-13-29(14-4-1)41-28-42(46-44(45-41)30-15-5-2-6-16-30)37-22-10-7-19-33(37)31-17-11-18-32(27-31)34-25-26-40-36-21-9-8-20-35(36)39-24-12-23-38(34)43(39)40/h1-28H. The molecule has 0 amide bonds. The minimum atomic E-state index is 0.717. The summed E-state index contributed by atoms with van der Waals surface area (Å²) in [5, 5.41) is 2.63. The van der Waals surface area contributed by atoms with Crippen LogP contribution >= 0.6 is 0 Å². The van der Waals surface area contributed by atoms with E-state index in [2.05, 4.69) is 146 Å². The molecule has 7 aromatic carbocycles. The van der Waals surface area contributed by atoms with Crippen LogP contribution in [-0.2, 0) is 0 Å². The molecule has 0 aliphatic heterocycles. The van der Waals surface area contributed by atoms with Crippen molar-refractivity contribution < 1.29 is 0 Å². The fraction of sp³-hybridized carbons (Fsp3) is 0. The number of nitrogens with zero attached hydrogens (tertiary/aromatic N) is 2. The van der Waals surface area contributed by atoms with Gasteiger partial charge in [-0.1, -0.05) is 158 Å². The van der Waals surface area contributed by atoms with Gasteiger partial charge in [-0.2, -0.15) is 0 Å². The molecule has 0 saturated carbocycles. The van der Waals surface area contributed by atoms with Gasteiger partial charge in [0.1, 0.15) is 0 Å². The van der Waals surface area contributed by atoms with Crippen molar-refractivity contribution in [2.24, 2.45) is 0 Å². The highest BCUT2D eigenvalue weighted by Crippen LogP contribution is 2.49. The van der Waals surface area contributed by atoms with E-state index in [1.165, 1.54) is 44.2 Å². The van der Waals surface area contributed by atoms with Crippen LogP contribution < -0.4 is 0 Å².